The fourth-order valence-electron chi connectivity index (χ4n) is 1.64. The molecule has 0 fully saturated rings. The molecule has 0 aliphatic rings. The molecule has 2 aromatic rings. The highest BCUT2D eigenvalue weighted by Gasteiger charge is 2.08. The monoisotopic (exact) mass is 360 g/mol. The van der Waals surface area contributed by atoms with Crippen LogP contribution in [0.1, 0.15) is 0 Å². The van der Waals surface area contributed by atoms with Crippen LogP contribution in [0.4, 0.5) is 11.4 Å². The zero-order valence-corrected chi connectivity index (χ0v) is 14.0. The van der Waals surface area contributed by atoms with Crippen molar-refractivity contribution < 1.29 is 4.74 Å². The van der Waals surface area contributed by atoms with Gasteiger partial charge in [0.1, 0.15) is 5.75 Å². The van der Waals surface area contributed by atoms with E-state index in [0.717, 1.165) is 0 Å². The molecule has 0 radical (unpaired) electrons. The maximum Gasteiger partial charge on any atom is 0.175 e. The lowest BCUT2D eigenvalue weighted by atomic mass is 10.3. The van der Waals surface area contributed by atoms with Crippen LogP contribution >= 0.6 is 47.0 Å². The highest BCUT2D eigenvalue weighted by Crippen LogP contribution is 2.29. The standard InChI is InChI=1S/C14H11Cl3N2OS/c1-20-13-5-3-9(16)7-12(13)19-14(21)18-11-4-2-8(15)6-10(11)17/h2-7H,1H3,(H2,18,19,21). The molecule has 0 unspecified atom stereocenters. The molecule has 0 aliphatic heterocycles. The minimum absolute atomic E-state index is 0.361. The highest BCUT2D eigenvalue weighted by molar-refractivity contribution is 7.80. The van der Waals surface area contributed by atoms with E-state index in [2.05, 4.69) is 10.6 Å². The summed E-state index contributed by atoms with van der Waals surface area (Å²) < 4.78 is 5.24. The van der Waals surface area contributed by atoms with E-state index in [0.29, 0.717) is 37.3 Å². The molecule has 2 N–H and O–H groups in total. The molecule has 0 atom stereocenters. The zero-order valence-electron chi connectivity index (χ0n) is 10.9. The van der Waals surface area contributed by atoms with Crippen molar-refractivity contribution in [1.82, 2.24) is 0 Å². The van der Waals surface area contributed by atoms with Crippen molar-refractivity contribution in [3.05, 3.63) is 51.5 Å². The van der Waals surface area contributed by atoms with Crippen molar-refractivity contribution in [3.8, 4) is 5.75 Å². The van der Waals surface area contributed by atoms with Crippen molar-refractivity contribution >= 4 is 63.5 Å². The highest BCUT2D eigenvalue weighted by atomic mass is 35.5. The van der Waals surface area contributed by atoms with Crippen LogP contribution in [0.2, 0.25) is 15.1 Å². The number of rotatable bonds is 3. The summed E-state index contributed by atoms with van der Waals surface area (Å²) in [4.78, 5) is 0. The molecule has 0 saturated carbocycles. The first kappa shape index (κ1) is 16.2. The van der Waals surface area contributed by atoms with Gasteiger partial charge >= 0.3 is 0 Å². The van der Waals surface area contributed by atoms with Gasteiger partial charge in [0.05, 0.1) is 23.5 Å². The average molecular weight is 362 g/mol. The van der Waals surface area contributed by atoms with Gasteiger partial charge in [0.25, 0.3) is 0 Å². The quantitative estimate of drug-likeness (QED) is 0.711. The molecular formula is C14H11Cl3N2OS. The molecule has 0 aliphatic carbocycles. The van der Waals surface area contributed by atoms with E-state index in [4.69, 9.17) is 51.8 Å². The van der Waals surface area contributed by atoms with E-state index in [1.54, 1.807) is 43.5 Å². The summed E-state index contributed by atoms with van der Waals surface area (Å²) in [7, 11) is 1.57. The third-order valence-electron chi connectivity index (χ3n) is 2.59. The zero-order chi connectivity index (χ0) is 15.4. The Morgan fingerprint density at radius 3 is 2.24 bits per heavy atom. The predicted octanol–water partition coefficient (Wildman–Crippen LogP) is 5.46. The van der Waals surface area contributed by atoms with Crippen LogP contribution in [-0.4, -0.2) is 12.2 Å². The molecular weight excluding hydrogens is 351 g/mol. The Hall–Kier alpha value is -1.20. The molecule has 0 saturated heterocycles. The van der Waals surface area contributed by atoms with Crippen LogP contribution in [0.15, 0.2) is 36.4 Å². The Kier molecular flexibility index (Phi) is 5.53. The Balaban J connectivity index is 2.13. The minimum Gasteiger partial charge on any atom is -0.495 e. The summed E-state index contributed by atoms with van der Waals surface area (Å²) in [5.74, 6) is 0.630. The summed E-state index contributed by atoms with van der Waals surface area (Å²) in [6.07, 6.45) is 0. The van der Waals surface area contributed by atoms with Crippen molar-refractivity contribution in [2.45, 2.75) is 0 Å². The van der Waals surface area contributed by atoms with Gasteiger partial charge in [-0.05, 0) is 48.6 Å². The number of thiocarbonyl (C=S) groups is 1. The van der Waals surface area contributed by atoms with Crippen LogP contribution in [0.3, 0.4) is 0 Å². The summed E-state index contributed by atoms with van der Waals surface area (Å²) in [6.45, 7) is 0. The van der Waals surface area contributed by atoms with Crippen molar-refractivity contribution in [2.75, 3.05) is 17.7 Å². The maximum atomic E-state index is 6.08. The first-order chi connectivity index (χ1) is 9.99. The number of benzene rings is 2. The Bertz CT molecular complexity index is 679. The van der Waals surface area contributed by atoms with Gasteiger partial charge in [0.15, 0.2) is 5.11 Å². The van der Waals surface area contributed by atoms with Crippen LogP contribution in [0, 0.1) is 0 Å². The Morgan fingerprint density at radius 2 is 1.57 bits per heavy atom. The fourth-order valence-corrected chi connectivity index (χ4v) is 2.49. The smallest absolute Gasteiger partial charge is 0.175 e. The molecule has 3 nitrogen and oxygen atoms in total. The second-order valence-corrected chi connectivity index (χ2v) is 5.74. The largest absolute Gasteiger partial charge is 0.495 e. The van der Waals surface area contributed by atoms with E-state index in [1.165, 1.54) is 0 Å². The third-order valence-corrected chi connectivity index (χ3v) is 3.58. The first-order valence-corrected chi connectivity index (χ1v) is 7.40. The minimum atomic E-state index is 0.361. The molecule has 2 rings (SSSR count). The normalized spacial score (nSPS) is 10.1. The summed E-state index contributed by atoms with van der Waals surface area (Å²) in [5, 5.41) is 7.97. The van der Waals surface area contributed by atoms with Crippen LogP contribution in [-0.2, 0) is 0 Å². The second-order valence-electron chi connectivity index (χ2n) is 4.05. The first-order valence-electron chi connectivity index (χ1n) is 5.86. The van der Waals surface area contributed by atoms with Crippen LogP contribution in [0.25, 0.3) is 0 Å². The van der Waals surface area contributed by atoms with Gasteiger partial charge in [-0.25, -0.2) is 0 Å². The van der Waals surface area contributed by atoms with E-state index in [1.807, 2.05) is 0 Å². The van der Waals surface area contributed by atoms with E-state index >= 15 is 0 Å². The molecule has 2 aromatic carbocycles. The lowest BCUT2D eigenvalue weighted by Crippen LogP contribution is -2.19. The Labute approximate surface area is 143 Å². The number of methoxy groups -OCH3 is 1. The molecule has 0 heterocycles. The number of hydrogen-bond donors (Lipinski definition) is 2. The molecule has 0 spiro atoms. The van der Waals surface area contributed by atoms with Crippen molar-refractivity contribution in [1.29, 1.82) is 0 Å². The molecule has 21 heavy (non-hydrogen) atoms. The average Bonchev–Trinajstić information content (AvgIpc) is 2.42. The summed E-state index contributed by atoms with van der Waals surface area (Å²) in [6, 6.07) is 10.3. The maximum absolute atomic E-state index is 6.08. The second kappa shape index (κ2) is 7.18. The van der Waals surface area contributed by atoms with Crippen molar-refractivity contribution in [2.24, 2.45) is 0 Å². The lowest BCUT2D eigenvalue weighted by Gasteiger charge is -2.14. The fraction of sp³-hybridized carbons (Fsp3) is 0.0714. The van der Waals surface area contributed by atoms with E-state index < -0.39 is 0 Å². The number of hydrogen-bond acceptors (Lipinski definition) is 2. The number of nitrogens with one attached hydrogen (secondary N) is 2. The molecule has 110 valence electrons. The van der Waals surface area contributed by atoms with Gasteiger partial charge in [0.2, 0.25) is 0 Å². The van der Waals surface area contributed by atoms with Gasteiger partial charge in [-0.2, -0.15) is 0 Å². The van der Waals surface area contributed by atoms with Crippen molar-refractivity contribution in [3.63, 3.8) is 0 Å². The summed E-state index contributed by atoms with van der Waals surface area (Å²) >= 11 is 23.1. The molecule has 0 aromatic heterocycles. The van der Waals surface area contributed by atoms with Gasteiger partial charge in [-0.3, -0.25) is 0 Å². The van der Waals surface area contributed by atoms with Gasteiger partial charge in [-0.1, -0.05) is 34.8 Å². The van der Waals surface area contributed by atoms with Crippen LogP contribution in [0.5, 0.6) is 5.75 Å². The summed E-state index contributed by atoms with van der Waals surface area (Å²) in [5.41, 5.74) is 1.31. The molecule has 7 heteroatoms. The lowest BCUT2D eigenvalue weighted by molar-refractivity contribution is 0.417. The van der Waals surface area contributed by atoms with Gasteiger partial charge < -0.3 is 15.4 Å². The molecule has 0 amide bonds. The molecule has 0 bridgehead atoms. The third kappa shape index (κ3) is 4.38. The Morgan fingerprint density at radius 1 is 0.952 bits per heavy atom. The van der Waals surface area contributed by atoms with E-state index in [9.17, 15) is 0 Å². The van der Waals surface area contributed by atoms with E-state index in [-0.39, 0.29) is 0 Å². The number of anilines is 2. The number of ether oxygens (including phenoxy) is 1. The van der Waals surface area contributed by atoms with Crippen LogP contribution < -0.4 is 15.4 Å². The van der Waals surface area contributed by atoms with Gasteiger partial charge in [-0.15, -0.1) is 0 Å². The predicted molar refractivity (Wildman–Crippen MR) is 94.3 cm³/mol. The van der Waals surface area contributed by atoms with Gasteiger partial charge in [0, 0.05) is 10.0 Å². The SMILES string of the molecule is COc1ccc(Cl)cc1NC(=S)Nc1ccc(Cl)cc1Cl. The topological polar surface area (TPSA) is 33.3 Å². The number of halogens is 3.